The van der Waals surface area contributed by atoms with Crippen LogP contribution in [0, 0.1) is 0 Å². The van der Waals surface area contributed by atoms with Crippen LogP contribution in [0.2, 0.25) is 0 Å². The highest BCUT2D eigenvalue weighted by Crippen LogP contribution is 2.20. The molecule has 0 spiro atoms. The molecule has 1 rings (SSSR count). The molecule has 0 aliphatic heterocycles. The van der Waals surface area contributed by atoms with Crippen LogP contribution in [-0.4, -0.2) is 30.3 Å². The fourth-order valence-corrected chi connectivity index (χ4v) is 1.68. The highest BCUT2D eigenvalue weighted by Gasteiger charge is 2.14. The van der Waals surface area contributed by atoms with E-state index in [1.165, 1.54) is 0 Å². The topological polar surface area (TPSA) is 72.8 Å². The Balaban J connectivity index is 2.99. The Morgan fingerprint density at radius 3 is 2.53 bits per heavy atom. The summed E-state index contributed by atoms with van der Waals surface area (Å²) in [5, 5.41) is 8.73. The van der Waals surface area contributed by atoms with Crippen molar-refractivity contribution in [2.45, 2.75) is 26.7 Å². The number of benzene rings is 1. The standard InChI is InChI=1S/C14H18O5/c1-3-18-11-6-7-12(14(17)19-4-2)10(9-11)5-8-13(15)16/h6-7,9H,3-5,8H2,1-2H3,(H,15,16). The van der Waals surface area contributed by atoms with Gasteiger partial charge in [-0.2, -0.15) is 0 Å². The quantitative estimate of drug-likeness (QED) is 0.766. The number of hydrogen-bond acceptors (Lipinski definition) is 4. The highest BCUT2D eigenvalue weighted by atomic mass is 16.5. The van der Waals surface area contributed by atoms with Gasteiger partial charge in [-0.1, -0.05) is 0 Å². The van der Waals surface area contributed by atoms with Crippen molar-refractivity contribution in [3.05, 3.63) is 29.3 Å². The molecule has 0 atom stereocenters. The third kappa shape index (κ3) is 4.62. The average Bonchev–Trinajstić information content (AvgIpc) is 2.37. The van der Waals surface area contributed by atoms with Gasteiger partial charge in [-0.3, -0.25) is 4.79 Å². The van der Waals surface area contributed by atoms with Gasteiger partial charge < -0.3 is 14.6 Å². The van der Waals surface area contributed by atoms with Crippen molar-refractivity contribution in [2.24, 2.45) is 0 Å². The summed E-state index contributed by atoms with van der Waals surface area (Å²) in [5.41, 5.74) is 1.03. The zero-order valence-corrected chi connectivity index (χ0v) is 11.1. The normalized spacial score (nSPS) is 10.0. The Labute approximate surface area is 112 Å². The van der Waals surface area contributed by atoms with Crippen LogP contribution in [0.5, 0.6) is 5.75 Å². The van der Waals surface area contributed by atoms with E-state index in [1.807, 2.05) is 6.92 Å². The van der Waals surface area contributed by atoms with Crippen LogP contribution in [-0.2, 0) is 16.0 Å². The van der Waals surface area contributed by atoms with E-state index in [0.29, 0.717) is 23.5 Å². The van der Waals surface area contributed by atoms with Crippen molar-refractivity contribution < 1.29 is 24.2 Å². The molecule has 0 aliphatic rings. The predicted molar refractivity (Wildman–Crippen MR) is 69.5 cm³/mol. The second kappa shape index (κ2) is 7.41. The molecule has 0 saturated heterocycles. The molecule has 0 heterocycles. The Kier molecular flexibility index (Phi) is 5.85. The van der Waals surface area contributed by atoms with E-state index in [0.717, 1.165) is 0 Å². The maximum atomic E-state index is 11.8. The van der Waals surface area contributed by atoms with Crippen molar-refractivity contribution in [1.82, 2.24) is 0 Å². The smallest absolute Gasteiger partial charge is 0.338 e. The summed E-state index contributed by atoms with van der Waals surface area (Å²) in [4.78, 5) is 22.4. The van der Waals surface area contributed by atoms with Crippen LogP contribution in [0.1, 0.15) is 36.2 Å². The van der Waals surface area contributed by atoms with Gasteiger partial charge in [-0.05, 0) is 44.0 Å². The average molecular weight is 266 g/mol. The minimum absolute atomic E-state index is 0.0397. The van der Waals surface area contributed by atoms with Crippen LogP contribution < -0.4 is 4.74 Å². The number of aryl methyl sites for hydroxylation is 1. The number of carbonyl (C=O) groups is 2. The molecule has 0 fully saturated rings. The van der Waals surface area contributed by atoms with Gasteiger partial charge in [0.15, 0.2) is 0 Å². The first-order valence-electron chi connectivity index (χ1n) is 6.23. The van der Waals surface area contributed by atoms with Crippen molar-refractivity contribution in [3.63, 3.8) is 0 Å². The van der Waals surface area contributed by atoms with Gasteiger partial charge in [-0.25, -0.2) is 4.79 Å². The molecule has 1 N–H and O–H groups in total. The maximum Gasteiger partial charge on any atom is 0.338 e. The molecule has 0 saturated carbocycles. The van der Waals surface area contributed by atoms with E-state index in [9.17, 15) is 9.59 Å². The molecule has 104 valence electrons. The Morgan fingerprint density at radius 2 is 1.95 bits per heavy atom. The second-order valence-electron chi connectivity index (χ2n) is 3.87. The lowest BCUT2D eigenvalue weighted by Crippen LogP contribution is -2.10. The molecule has 5 heteroatoms. The minimum atomic E-state index is -0.906. The lowest BCUT2D eigenvalue weighted by molar-refractivity contribution is -0.136. The minimum Gasteiger partial charge on any atom is -0.494 e. The molecule has 19 heavy (non-hydrogen) atoms. The van der Waals surface area contributed by atoms with Crippen LogP contribution in [0.4, 0.5) is 0 Å². The number of hydrogen-bond donors (Lipinski definition) is 1. The van der Waals surface area contributed by atoms with Crippen molar-refractivity contribution in [3.8, 4) is 5.75 Å². The number of aliphatic carboxylic acids is 1. The monoisotopic (exact) mass is 266 g/mol. The summed E-state index contributed by atoms with van der Waals surface area (Å²) in [7, 11) is 0. The first kappa shape index (κ1) is 15.0. The zero-order chi connectivity index (χ0) is 14.3. The van der Waals surface area contributed by atoms with E-state index in [4.69, 9.17) is 14.6 Å². The second-order valence-corrected chi connectivity index (χ2v) is 3.87. The van der Waals surface area contributed by atoms with Crippen LogP contribution >= 0.6 is 0 Å². The fourth-order valence-electron chi connectivity index (χ4n) is 1.68. The van der Waals surface area contributed by atoms with Gasteiger partial charge >= 0.3 is 11.9 Å². The van der Waals surface area contributed by atoms with Crippen molar-refractivity contribution >= 4 is 11.9 Å². The molecule has 0 bridgehead atoms. The molecule has 5 nitrogen and oxygen atoms in total. The maximum absolute atomic E-state index is 11.8. The summed E-state index contributed by atoms with van der Waals surface area (Å²) in [5.74, 6) is -0.724. The third-order valence-corrected chi connectivity index (χ3v) is 2.49. The Bertz CT molecular complexity index is 453. The van der Waals surface area contributed by atoms with Gasteiger partial charge in [0.25, 0.3) is 0 Å². The molecule has 0 unspecified atom stereocenters. The number of rotatable bonds is 7. The lowest BCUT2D eigenvalue weighted by Gasteiger charge is -2.10. The number of carbonyl (C=O) groups excluding carboxylic acids is 1. The van der Waals surface area contributed by atoms with Crippen molar-refractivity contribution in [2.75, 3.05) is 13.2 Å². The first-order valence-corrected chi connectivity index (χ1v) is 6.23. The molecule has 0 amide bonds. The summed E-state index contributed by atoms with van der Waals surface area (Å²) in [6.07, 6.45) is 0.229. The number of ether oxygens (including phenoxy) is 2. The number of carboxylic acid groups (broad SMARTS) is 1. The predicted octanol–water partition coefficient (Wildman–Crippen LogP) is 2.28. The molecular formula is C14H18O5. The highest BCUT2D eigenvalue weighted by molar-refractivity contribution is 5.91. The SMILES string of the molecule is CCOC(=O)c1ccc(OCC)cc1CCC(=O)O. The van der Waals surface area contributed by atoms with Crippen LogP contribution in [0.15, 0.2) is 18.2 Å². The van der Waals surface area contributed by atoms with E-state index in [2.05, 4.69) is 0 Å². The van der Waals surface area contributed by atoms with Gasteiger partial charge in [0.2, 0.25) is 0 Å². The summed E-state index contributed by atoms with van der Waals surface area (Å²) < 4.78 is 10.3. The van der Waals surface area contributed by atoms with Gasteiger partial charge in [0.1, 0.15) is 5.75 Å². The molecule has 0 aromatic heterocycles. The first-order chi connectivity index (χ1) is 9.08. The zero-order valence-electron chi connectivity index (χ0n) is 11.1. The van der Waals surface area contributed by atoms with Crippen LogP contribution in [0.25, 0.3) is 0 Å². The fraction of sp³-hybridized carbons (Fsp3) is 0.429. The largest absolute Gasteiger partial charge is 0.494 e. The van der Waals surface area contributed by atoms with Gasteiger partial charge in [-0.15, -0.1) is 0 Å². The summed E-state index contributed by atoms with van der Waals surface area (Å²) in [6.45, 7) is 4.38. The molecule has 1 aromatic rings. The van der Waals surface area contributed by atoms with E-state index in [1.54, 1.807) is 25.1 Å². The molecule has 0 radical (unpaired) electrons. The van der Waals surface area contributed by atoms with E-state index < -0.39 is 11.9 Å². The van der Waals surface area contributed by atoms with Gasteiger partial charge in [0, 0.05) is 6.42 Å². The van der Waals surface area contributed by atoms with E-state index in [-0.39, 0.29) is 19.4 Å². The van der Waals surface area contributed by atoms with Gasteiger partial charge in [0.05, 0.1) is 18.8 Å². The lowest BCUT2D eigenvalue weighted by atomic mass is 10.0. The summed E-state index contributed by atoms with van der Waals surface area (Å²) >= 11 is 0. The third-order valence-electron chi connectivity index (χ3n) is 2.49. The number of esters is 1. The molecular weight excluding hydrogens is 248 g/mol. The molecule has 1 aromatic carbocycles. The van der Waals surface area contributed by atoms with E-state index >= 15 is 0 Å². The molecule has 0 aliphatic carbocycles. The summed E-state index contributed by atoms with van der Waals surface area (Å²) in [6, 6.07) is 4.99. The Morgan fingerprint density at radius 1 is 1.21 bits per heavy atom. The number of carboxylic acids is 1. The Hall–Kier alpha value is -2.04. The van der Waals surface area contributed by atoms with Crippen molar-refractivity contribution in [1.29, 1.82) is 0 Å². The van der Waals surface area contributed by atoms with Crippen LogP contribution in [0.3, 0.4) is 0 Å².